The van der Waals surface area contributed by atoms with Crippen molar-refractivity contribution in [3.8, 4) is 17.2 Å². The highest BCUT2D eigenvalue weighted by Crippen LogP contribution is 2.63. The molecule has 0 bridgehead atoms. The maximum atomic E-state index is 14.5. The van der Waals surface area contributed by atoms with Gasteiger partial charge in [0.05, 0.1) is 37.4 Å². The molecule has 1 N–H and O–H groups in total. The van der Waals surface area contributed by atoms with Crippen molar-refractivity contribution in [1.82, 2.24) is 0 Å². The number of hydrogen-bond donors (Lipinski definition) is 1. The number of fused-ring (bicyclic) bond motifs is 4. The van der Waals surface area contributed by atoms with Gasteiger partial charge in [-0.3, -0.25) is 28.9 Å². The minimum atomic E-state index is -2.11. The standard InChI is InChI=1S/C38H31Cl2FN2O8/c1-19(44)21-5-9-23(10-6-21)42-33(46)26-14-13-25-27(31(26)34(42)47)18-37(39)35(48)43(24-11-7-22(41)8-12-24)36(49)38(37,40)28(25)15-4-20-16-29(50-2)32(45)30(17-20)51-3/h4-13,15-17,26-28,31,45H,14,18H2,1-3H3/t26-,27+,28-,31-,37+,38-/m0/s1. The van der Waals surface area contributed by atoms with Gasteiger partial charge >= 0.3 is 0 Å². The third-order valence-electron chi connectivity index (χ3n) is 10.5. The van der Waals surface area contributed by atoms with E-state index >= 15 is 0 Å². The molecule has 0 radical (unpaired) electrons. The van der Waals surface area contributed by atoms with Gasteiger partial charge in [0.25, 0.3) is 11.8 Å². The molecular weight excluding hydrogens is 702 g/mol. The number of ketones is 1. The number of carbonyl (C=O) groups is 5. The maximum absolute atomic E-state index is 14.5. The molecular formula is C38H31Cl2FN2O8. The fourth-order valence-corrected chi connectivity index (χ4v) is 8.85. The minimum Gasteiger partial charge on any atom is -0.502 e. The van der Waals surface area contributed by atoms with Crippen molar-refractivity contribution in [2.75, 3.05) is 24.0 Å². The number of hydrogen-bond acceptors (Lipinski definition) is 8. The van der Waals surface area contributed by atoms with Crippen molar-refractivity contribution in [3.05, 3.63) is 95.3 Å². The van der Waals surface area contributed by atoms with Gasteiger partial charge in [-0.1, -0.05) is 23.8 Å². The molecule has 3 aromatic rings. The van der Waals surface area contributed by atoms with Crippen molar-refractivity contribution >= 4 is 70.1 Å². The molecule has 4 aliphatic rings. The van der Waals surface area contributed by atoms with E-state index in [4.69, 9.17) is 32.7 Å². The number of allylic oxidation sites excluding steroid dienone is 3. The quantitative estimate of drug-likeness (QED) is 0.134. The van der Waals surface area contributed by atoms with E-state index in [1.54, 1.807) is 30.4 Å². The lowest BCUT2D eigenvalue weighted by Gasteiger charge is -2.49. The molecule has 2 heterocycles. The largest absolute Gasteiger partial charge is 0.502 e. The van der Waals surface area contributed by atoms with Crippen LogP contribution in [0.3, 0.4) is 0 Å². The van der Waals surface area contributed by atoms with E-state index in [1.807, 2.05) is 0 Å². The summed E-state index contributed by atoms with van der Waals surface area (Å²) in [4.78, 5) is 66.6. The summed E-state index contributed by atoms with van der Waals surface area (Å²) < 4.78 is 24.5. The van der Waals surface area contributed by atoms with Gasteiger partial charge in [-0.25, -0.2) is 9.29 Å². The lowest BCUT2D eigenvalue weighted by atomic mass is 9.57. The number of amides is 4. The summed E-state index contributed by atoms with van der Waals surface area (Å²) in [5.41, 5.74) is 1.84. The van der Waals surface area contributed by atoms with Gasteiger partial charge in [0.2, 0.25) is 17.6 Å². The Kier molecular flexibility index (Phi) is 8.34. The molecule has 10 nitrogen and oxygen atoms in total. The Hall–Kier alpha value is -5.00. The first-order valence-electron chi connectivity index (χ1n) is 16.1. The predicted molar refractivity (Wildman–Crippen MR) is 187 cm³/mol. The van der Waals surface area contributed by atoms with Crippen molar-refractivity contribution < 1.29 is 42.9 Å². The predicted octanol–water partition coefficient (Wildman–Crippen LogP) is 6.06. The molecule has 51 heavy (non-hydrogen) atoms. The fourth-order valence-electron chi connectivity index (χ4n) is 7.96. The zero-order chi connectivity index (χ0) is 36.6. The van der Waals surface area contributed by atoms with Crippen LogP contribution in [0.1, 0.15) is 35.7 Å². The molecule has 2 saturated heterocycles. The van der Waals surface area contributed by atoms with Gasteiger partial charge in [-0.15, -0.1) is 23.2 Å². The van der Waals surface area contributed by atoms with E-state index in [0.717, 1.165) is 21.9 Å². The number of aromatic hydroxyl groups is 1. The normalized spacial score (nSPS) is 28.5. The summed E-state index contributed by atoms with van der Waals surface area (Å²) in [5, 5.41) is 10.5. The van der Waals surface area contributed by atoms with Crippen LogP contribution in [-0.4, -0.2) is 58.5 Å². The van der Waals surface area contributed by atoms with Crippen LogP contribution in [0.2, 0.25) is 0 Å². The molecule has 4 amide bonds. The second-order valence-corrected chi connectivity index (χ2v) is 14.3. The Morgan fingerprint density at radius 2 is 1.47 bits per heavy atom. The number of carbonyl (C=O) groups excluding carboxylic acids is 5. The number of methoxy groups -OCH3 is 2. The first-order chi connectivity index (χ1) is 24.3. The summed E-state index contributed by atoms with van der Waals surface area (Å²) in [6.45, 7) is 1.41. The minimum absolute atomic E-state index is 0.0683. The summed E-state index contributed by atoms with van der Waals surface area (Å²) >= 11 is 14.7. The Morgan fingerprint density at radius 1 is 0.882 bits per heavy atom. The summed E-state index contributed by atoms with van der Waals surface area (Å²) in [7, 11) is 2.75. The average Bonchev–Trinajstić information content (AvgIpc) is 3.46. The Balaban J connectivity index is 1.35. The molecule has 6 atom stereocenters. The highest BCUT2D eigenvalue weighted by molar-refractivity contribution is 6.58. The van der Waals surface area contributed by atoms with Gasteiger partial charge in [-0.05, 0) is 91.9 Å². The smallest absolute Gasteiger partial charge is 0.258 e. The molecule has 13 heteroatoms. The Morgan fingerprint density at radius 3 is 2.06 bits per heavy atom. The molecule has 262 valence electrons. The number of rotatable bonds is 7. The van der Waals surface area contributed by atoms with Gasteiger partial charge < -0.3 is 14.6 Å². The van der Waals surface area contributed by atoms with E-state index in [1.165, 1.54) is 57.5 Å². The average molecular weight is 734 g/mol. The van der Waals surface area contributed by atoms with Crippen molar-refractivity contribution in [3.63, 3.8) is 0 Å². The van der Waals surface area contributed by atoms with Gasteiger partial charge in [0, 0.05) is 11.5 Å². The van der Waals surface area contributed by atoms with Crippen LogP contribution in [0.5, 0.6) is 17.2 Å². The van der Waals surface area contributed by atoms with E-state index in [0.29, 0.717) is 22.4 Å². The fraction of sp³-hybridized carbons (Fsp3) is 0.289. The second kappa shape index (κ2) is 12.3. The van der Waals surface area contributed by atoms with E-state index in [9.17, 15) is 33.5 Å². The Bertz CT molecular complexity index is 2060. The first-order valence-corrected chi connectivity index (χ1v) is 16.9. The lowest BCUT2D eigenvalue weighted by molar-refractivity contribution is -0.125. The number of nitrogens with zero attached hydrogens (tertiary/aromatic N) is 2. The number of phenolic OH excluding ortho intramolecular Hbond substituents is 1. The maximum Gasteiger partial charge on any atom is 0.258 e. The number of Topliss-reactive ketones (excluding diaryl/α,β-unsaturated/α-hetero) is 1. The number of benzene rings is 3. The third-order valence-corrected chi connectivity index (χ3v) is 11.9. The first kappa shape index (κ1) is 34.4. The van der Waals surface area contributed by atoms with Crippen LogP contribution in [0.15, 0.2) is 78.4 Å². The van der Waals surface area contributed by atoms with E-state index < -0.39 is 62.9 Å². The summed E-state index contributed by atoms with van der Waals surface area (Å²) in [6.07, 6.45) is 4.95. The van der Waals surface area contributed by atoms with Crippen LogP contribution in [-0.2, 0) is 19.2 Å². The SMILES string of the molecule is COc1cc(C=C[C@H]2C3=CC[C@@H]4C(=O)N(c5ccc(C(C)=O)cc5)C(=O)[C@@H]4[C@@H]3C[C@@]3(Cl)C(=O)N(c4ccc(F)cc4)C(=O)[C@@]23Cl)cc(OC)c1O. The highest BCUT2D eigenvalue weighted by atomic mass is 35.5. The number of alkyl halides is 2. The molecule has 0 unspecified atom stereocenters. The number of phenols is 1. The number of ether oxygens (including phenoxy) is 2. The summed E-state index contributed by atoms with van der Waals surface area (Å²) in [6, 6.07) is 14.0. The van der Waals surface area contributed by atoms with Crippen LogP contribution in [0.25, 0.3) is 6.08 Å². The number of anilines is 2. The molecule has 3 fully saturated rings. The zero-order valence-electron chi connectivity index (χ0n) is 27.6. The van der Waals surface area contributed by atoms with E-state index in [-0.39, 0.29) is 41.6 Å². The monoisotopic (exact) mass is 732 g/mol. The highest BCUT2D eigenvalue weighted by Gasteiger charge is 2.76. The number of halogens is 3. The van der Waals surface area contributed by atoms with Crippen molar-refractivity contribution in [1.29, 1.82) is 0 Å². The second-order valence-electron chi connectivity index (χ2n) is 13.0. The zero-order valence-corrected chi connectivity index (χ0v) is 29.1. The van der Waals surface area contributed by atoms with Gasteiger partial charge in [0.15, 0.2) is 27.0 Å². The van der Waals surface area contributed by atoms with Crippen LogP contribution < -0.4 is 19.3 Å². The molecule has 0 spiro atoms. The molecule has 0 aromatic heterocycles. The molecule has 7 rings (SSSR count). The van der Waals surface area contributed by atoms with Crippen LogP contribution in [0, 0.1) is 29.5 Å². The van der Waals surface area contributed by atoms with Gasteiger partial charge in [-0.2, -0.15) is 0 Å². The molecule has 3 aromatic carbocycles. The van der Waals surface area contributed by atoms with E-state index in [2.05, 4.69) is 0 Å². The molecule has 1 saturated carbocycles. The Labute approximate surface area is 302 Å². The van der Waals surface area contributed by atoms with Gasteiger partial charge in [0.1, 0.15) is 5.82 Å². The molecule has 2 aliphatic carbocycles. The number of imide groups is 2. The molecule has 2 aliphatic heterocycles. The van der Waals surface area contributed by atoms with Crippen LogP contribution >= 0.6 is 23.2 Å². The van der Waals surface area contributed by atoms with Crippen LogP contribution in [0.4, 0.5) is 15.8 Å². The topological polar surface area (TPSA) is 131 Å². The summed E-state index contributed by atoms with van der Waals surface area (Å²) in [5.74, 6) is -6.91. The lowest BCUT2D eigenvalue weighted by Crippen LogP contribution is -2.60. The van der Waals surface area contributed by atoms with Crippen molar-refractivity contribution in [2.45, 2.75) is 29.5 Å². The van der Waals surface area contributed by atoms with Crippen molar-refractivity contribution in [2.24, 2.45) is 23.7 Å². The third kappa shape index (κ3) is 5.00.